The number of piperidine rings is 1. The third kappa shape index (κ3) is 6.20. The number of carbonyl (C=O) groups excluding carboxylic acids is 2. The van der Waals surface area contributed by atoms with Crippen LogP contribution in [-0.4, -0.2) is 59.1 Å². The first kappa shape index (κ1) is 34.2. The number of amides is 2. The highest BCUT2D eigenvalue weighted by atomic mass is 35.5. The van der Waals surface area contributed by atoms with E-state index >= 15 is 0 Å². The Bertz CT molecular complexity index is 2240. The molecule has 1 spiro atoms. The van der Waals surface area contributed by atoms with Gasteiger partial charge in [-0.25, -0.2) is 4.98 Å². The number of halogens is 4. The minimum Gasteiger partial charge on any atom is -0.505 e. The molecule has 2 aromatic carbocycles. The number of carbonyl (C=O) groups is 2. The van der Waals surface area contributed by atoms with Gasteiger partial charge in [-0.1, -0.05) is 49.7 Å². The first-order chi connectivity index (χ1) is 24.3. The molecule has 2 amide bonds. The van der Waals surface area contributed by atoms with Crippen LogP contribution in [0.15, 0.2) is 65.6 Å². The number of hydrogen-bond acceptors (Lipinski definition) is 8. The van der Waals surface area contributed by atoms with Gasteiger partial charge >= 0.3 is 6.18 Å². The molecule has 3 aromatic heterocycles. The molecule has 0 atom stereocenters. The van der Waals surface area contributed by atoms with E-state index in [-0.39, 0.29) is 77.8 Å². The van der Waals surface area contributed by atoms with Gasteiger partial charge in [0.05, 0.1) is 34.1 Å². The van der Waals surface area contributed by atoms with Crippen LogP contribution in [0, 0.1) is 0 Å². The van der Waals surface area contributed by atoms with Crippen LogP contribution >= 0.6 is 11.6 Å². The van der Waals surface area contributed by atoms with Crippen LogP contribution in [0.2, 0.25) is 5.02 Å². The van der Waals surface area contributed by atoms with Gasteiger partial charge in [-0.2, -0.15) is 22.7 Å². The Kier molecular flexibility index (Phi) is 8.58. The van der Waals surface area contributed by atoms with Crippen molar-refractivity contribution in [1.29, 1.82) is 0 Å². The van der Waals surface area contributed by atoms with Crippen molar-refractivity contribution in [3.05, 3.63) is 104 Å². The Balaban J connectivity index is 1.26. The molecule has 0 aliphatic carbocycles. The summed E-state index contributed by atoms with van der Waals surface area (Å²) in [6.45, 7) is 4.03. The van der Waals surface area contributed by atoms with Gasteiger partial charge in [-0.15, -0.1) is 5.10 Å². The molecule has 0 radical (unpaired) electrons. The third-order valence-electron chi connectivity index (χ3n) is 9.35. The summed E-state index contributed by atoms with van der Waals surface area (Å²) in [5, 5.41) is 17.0. The van der Waals surface area contributed by atoms with Gasteiger partial charge in [0.1, 0.15) is 17.9 Å². The molecule has 51 heavy (non-hydrogen) atoms. The fourth-order valence-corrected chi connectivity index (χ4v) is 6.82. The number of benzene rings is 2. The zero-order chi connectivity index (χ0) is 36.2. The smallest absolute Gasteiger partial charge is 0.416 e. The Labute approximate surface area is 293 Å². The van der Waals surface area contributed by atoms with E-state index < -0.39 is 41.3 Å². The van der Waals surface area contributed by atoms with E-state index in [2.05, 4.69) is 34.2 Å². The maximum atomic E-state index is 14.3. The lowest BCUT2D eigenvalue weighted by molar-refractivity contribution is -0.137. The van der Waals surface area contributed by atoms with Gasteiger partial charge in [0.25, 0.3) is 11.5 Å². The van der Waals surface area contributed by atoms with E-state index in [1.807, 2.05) is 24.3 Å². The molecule has 0 saturated carbocycles. The molecule has 264 valence electrons. The van der Waals surface area contributed by atoms with Crippen molar-refractivity contribution in [2.24, 2.45) is 0 Å². The van der Waals surface area contributed by atoms with E-state index in [1.54, 1.807) is 0 Å². The summed E-state index contributed by atoms with van der Waals surface area (Å²) in [4.78, 5) is 51.2. The van der Waals surface area contributed by atoms with Crippen molar-refractivity contribution < 1.29 is 32.6 Å². The number of hydrogen-bond donors (Lipinski definition) is 2. The second-order valence-corrected chi connectivity index (χ2v) is 13.2. The van der Waals surface area contributed by atoms with Crippen molar-refractivity contribution >= 4 is 34.9 Å². The highest BCUT2D eigenvalue weighted by molar-refractivity contribution is 6.33. The van der Waals surface area contributed by atoms with Gasteiger partial charge < -0.3 is 24.6 Å². The molecular weight excluding hydrogens is 691 g/mol. The van der Waals surface area contributed by atoms with Crippen LogP contribution in [0.1, 0.15) is 65.5 Å². The number of anilines is 1. The molecule has 1 fully saturated rings. The van der Waals surface area contributed by atoms with Crippen molar-refractivity contribution in [2.75, 3.05) is 18.4 Å². The lowest BCUT2D eigenvalue weighted by Crippen LogP contribution is -2.47. The number of ether oxygens (including phenoxy) is 1. The molecule has 2 aliphatic heterocycles. The maximum Gasteiger partial charge on any atom is 0.416 e. The van der Waals surface area contributed by atoms with Crippen LogP contribution in [-0.2, 0) is 34.5 Å². The number of fused-ring (bicyclic) bond motifs is 3. The van der Waals surface area contributed by atoms with Crippen LogP contribution in [0.3, 0.4) is 0 Å². The number of pyridine rings is 1. The lowest BCUT2D eigenvalue weighted by Gasteiger charge is -2.38. The fraction of sp³-hybridized carbons (Fsp3) is 0.314. The fourth-order valence-electron chi connectivity index (χ4n) is 6.59. The number of aromatic hydroxyl groups is 1. The van der Waals surface area contributed by atoms with E-state index in [4.69, 9.17) is 16.3 Å². The normalized spacial score (nSPS) is 15.5. The predicted octanol–water partition coefficient (Wildman–Crippen LogP) is 5.75. The number of nitrogens with zero attached hydrogens (tertiary/aromatic N) is 6. The van der Waals surface area contributed by atoms with Crippen molar-refractivity contribution in [3.8, 4) is 17.1 Å². The molecule has 16 heteroatoms. The first-order valence-electron chi connectivity index (χ1n) is 16.1. The summed E-state index contributed by atoms with van der Waals surface area (Å²) in [5.74, 6) is -0.752. The van der Waals surface area contributed by atoms with Crippen LogP contribution in [0.4, 0.5) is 18.9 Å². The highest BCUT2D eigenvalue weighted by Gasteiger charge is 2.48. The van der Waals surface area contributed by atoms with Crippen LogP contribution < -0.4 is 10.9 Å². The Morgan fingerprint density at radius 3 is 2.47 bits per heavy atom. The number of aromatic nitrogens is 5. The number of alkyl halides is 3. The monoisotopic (exact) mass is 721 g/mol. The van der Waals surface area contributed by atoms with Crippen molar-refractivity contribution in [2.45, 2.75) is 57.5 Å². The van der Waals surface area contributed by atoms with Crippen LogP contribution in [0.5, 0.6) is 5.75 Å². The van der Waals surface area contributed by atoms with Crippen molar-refractivity contribution in [1.82, 2.24) is 29.0 Å². The summed E-state index contributed by atoms with van der Waals surface area (Å²) < 4.78 is 48.6. The zero-order valence-corrected chi connectivity index (χ0v) is 28.1. The van der Waals surface area contributed by atoms with E-state index in [0.717, 1.165) is 28.3 Å². The number of likely N-dealkylation sites (tertiary alicyclic amines) is 1. The van der Waals surface area contributed by atoms with E-state index in [9.17, 15) is 32.7 Å². The molecule has 2 aliphatic rings. The topological polar surface area (TPSA) is 144 Å². The average molecular weight is 722 g/mol. The Morgan fingerprint density at radius 1 is 1.10 bits per heavy atom. The van der Waals surface area contributed by atoms with Gasteiger partial charge in [0.15, 0.2) is 11.5 Å². The molecule has 5 heterocycles. The van der Waals surface area contributed by atoms with Crippen molar-refractivity contribution in [3.63, 3.8) is 0 Å². The minimum atomic E-state index is -4.62. The van der Waals surface area contributed by atoms with Gasteiger partial charge in [0, 0.05) is 24.8 Å². The highest BCUT2D eigenvalue weighted by Crippen LogP contribution is 2.43. The largest absolute Gasteiger partial charge is 0.505 e. The molecule has 0 bridgehead atoms. The molecular formula is C35H31ClF3N7O5. The van der Waals surface area contributed by atoms with E-state index in [0.29, 0.717) is 11.3 Å². The van der Waals surface area contributed by atoms with E-state index in [1.165, 1.54) is 27.8 Å². The molecule has 5 aromatic rings. The summed E-state index contributed by atoms with van der Waals surface area (Å²) in [5.41, 5.74) is -0.279. The molecule has 12 nitrogen and oxygen atoms in total. The van der Waals surface area contributed by atoms with Gasteiger partial charge in [-0.3, -0.25) is 14.4 Å². The predicted molar refractivity (Wildman–Crippen MR) is 179 cm³/mol. The Morgan fingerprint density at radius 2 is 1.82 bits per heavy atom. The standard InChI is InChI=1S/C35H31ClF3N7O5/c1-19(2)20-5-7-21(8-6-20)30-42-33-45(17-27(48)41-24-10-9-22(16-23(24)36)35(37,38)39)25-18-51-34(28(25)31(49)46(33)43-30)11-14-44(15-12-34)32(50)29-26(47)4-3-13-40-29/h3-10,13,16,19,47H,11-12,14-15,17-18H2,1-2H3,(H,41,48). The first-order valence-corrected chi connectivity index (χ1v) is 16.5. The minimum absolute atomic E-state index is 0.0283. The second-order valence-electron chi connectivity index (χ2n) is 12.8. The van der Waals surface area contributed by atoms with Gasteiger partial charge in [-0.05, 0) is 54.7 Å². The number of nitrogens with one attached hydrogen (secondary N) is 1. The SMILES string of the molecule is CC(C)c1ccc(-c2nc3n(CC(=O)Nc4ccc(C(F)(F)F)cc4Cl)c4c(c(=O)n3n2)C2(CCN(C(=O)c3ncccc3O)CC2)OC4)cc1. The number of rotatable bonds is 6. The molecule has 0 unspecified atom stereocenters. The Hall–Kier alpha value is -5.28. The maximum absolute atomic E-state index is 14.3. The summed E-state index contributed by atoms with van der Waals surface area (Å²) >= 11 is 6.12. The second kappa shape index (κ2) is 12.8. The summed E-state index contributed by atoms with van der Waals surface area (Å²) in [6, 6.07) is 13.1. The zero-order valence-electron chi connectivity index (χ0n) is 27.4. The van der Waals surface area contributed by atoms with Gasteiger partial charge in [0.2, 0.25) is 11.7 Å². The third-order valence-corrected chi connectivity index (χ3v) is 9.66. The average Bonchev–Trinajstić information content (AvgIpc) is 3.71. The molecule has 7 rings (SSSR count). The summed E-state index contributed by atoms with van der Waals surface area (Å²) in [7, 11) is 0. The summed E-state index contributed by atoms with van der Waals surface area (Å²) in [6.07, 6.45) is -2.75. The lowest BCUT2D eigenvalue weighted by atomic mass is 9.85. The van der Waals surface area contributed by atoms with Crippen LogP contribution in [0.25, 0.3) is 17.2 Å². The quantitative estimate of drug-likeness (QED) is 0.226. The molecule has 1 saturated heterocycles. The molecule has 2 N–H and O–H groups in total.